The van der Waals surface area contributed by atoms with Crippen LogP contribution in [0.4, 0.5) is 0 Å². The van der Waals surface area contributed by atoms with Gasteiger partial charge in [0.25, 0.3) is 0 Å². The van der Waals surface area contributed by atoms with Crippen LogP contribution in [0.1, 0.15) is 20.8 Å². The van der Waals surface area contributed by atoms with Crippen molar-refractivity contribution in [2.75, 3.05) is 6.54 Å². The van der Waals surface area contributed by atoms with Crippen LogP contribution in [-0.2, 0) is 14.3 Å². The Hall–Kier alpha value is -1.30. The molecule has 17 heavy (non-hydrogen) atoms. The Morgan fingerprint density at radius 2 is 2.18 bits per heavy atom. The first-order valence-electron chi connectivity index (χ1n) is 5.49. The number of hydrogen-bond acceptors (Lipinski definition) is 5. The number of hydrogen-bond donors (Lipinski definition) is 1. The van der Waals surface area contributed by atoms with Crippen LogP contribution in [-0.4, -0.2) is 36.1 Å². The standard InChI is InChI=1S/C10H17N3O4/c1-5-6(2)9(16-7(3)14)10(15)17-8(5)4-12-13-11/h5-6,8-10,15H,4H2,1-3H3/t5-,6+,8?,9?,10-/m1/s1. The van der Waals surface area contributed by atoms with Crippen LogP contribution < -0.4 is 0 Å². The monoisotopic (exact) mass is 243 g/mol. The summed E-state index contributed by atoms with van der Waals surface area (Å²) in [5, 5.41) is 13.2. The highest BCUT2D eigenvalue weighted by Crippen LogP contribution is 2.32. The molecule has 0 amide bonds. The minimum absolute atomic E-state index is 0.0215. The van der Waals surface area contributed by atoms with Crippen LogP contribution in [0.15, 0.2) is 5.11 Å². The lowest BCUT2D eigenvalue weighted by atomic mass is 9.83. The van der Waals surface area contributed by atoms with E-state index in [1.165, 1.54) is 6.92 Å². The van der Waals surface area contributed by atoms with E-state index in [1.807, 2.05) is 13.8 Å². The second kappa shape index (κ2) is 5.86. The Labute approximate surface area is 99.3 Å². The summed E-state index contributed by atoms with van der Waals surface area (Å²) < 4.78 is 10.3. The first kappa shape index (κ1) is 13.8. The molecule has 0 aromatic carbocycles. The first-order valence-corrected chi connectivity index (χ1v) is 5.49. The van der Waals surface area contributed by atoms with E-state index in [1.54, 1.807) is 0 Å². The van der Waals surface area contributed by atoms with Crippen molar-refractivity contribution in [3.05, 3.63) is 10.4 Å². The molecule has 7 nitrogen and oxygen atoms in total. The van der Waals surface area contributed by atoms with E-state index in [9.17, 15) is 9.90 Å². The Balaban J connectivity index is 2.71. The second-order valence-electron chi connectivity index (χ2n) is 4.27. The third-order valence-corrected chi connectivity index (χ3v) is 3.16. The molecule has 0 saturated carbocycles. The number of carbonyl (C=O) groups is 1. The summed E-state index contributed by atoms with van der Waals surface area (Å²) >= 11 is 0. The van der Waals surface area contributed by atoms with Crippen molar-refractivity contribution in [2.24, 2.45) is 17.0 Å². The molecule has 5 atom stereocenters. The average molecular weight is 243 g/mol. The number of aliphatic hydroxyl groups excluding tert-OH is 1. The summed E-state index contributed by atoms with van der Waals surface area (Å²) in [5.74, 6) is -0.500. The molecule has 0 spiro atoms. The molecule has 1 N–H and O–H groups in total. The maximum absolute atomic E-state index is 10.9. The maximum atomic E-state index is 10.9. The van der Waals surface area contributed by atoms with Gasteiger partial charge in [0, 0.05) is 17.8 Å². The molecule has 1 fully saturated rings. The van der Waals surface area contributed by atoms with Crippen LogP contribution in [0, 0.1) is 11.8 Å². The SMILES string of the molecule is CC(=O)OC1[C@H](O)OC(CN=[N+]=[N-])[C@H](C)[C@@H]1C. The zero-order valence-electron chi connectivity index (χ0n) is 10.1. The quantitative estimate of drug-likeness (QED) is 0.348. The van der Waals surface area contributed by atoms with Gasteiger partial charge in [-0.1, -0.05) is 19.0 Å². The molecular weight excluding hydrogens is 226 g/mol. The zero-order valence-corrected chi connectivity index (χ0v) is 10.1. The van der Waals surface area contributed by atoms with Gasteiger partial charge < -0.3 is 14.6 Å². The van der Waals surface area contributed by atoms with Gasteiger partial charge in [0.15, 0.2) is 12.4 Å². The van der Waals surface area contributed by atoms with E-state index in [0.717, 1.165) is 0 Å². The topological polar surface area (TPSA) is 105 Å². The summed E-state index contributed by atoms with van der Waals surface area (Å²) in [6.07, 6.45) is -2.21. The van der Waals surface area contributed by atoms with Crippen molar-refractivity contribution in [1.29, 1.82) is 0 Å². The number of rotatable bonds is 3. The van der Waals surface area contributed by atoms with Crippen LogP contribution in [0.25, 0.3) is 10.4 Å². The predicted molar refractivity (Wildman–Crippen MR) is 58.8 cm³/mol. The lowest BCUT2D eigenvalue weighted by Crippen LogP contribution is -2.51. The number of aliphatic hydroxyl groups is 1. The molecule has 0 aromatic heterocycles. The summed E-state index contributed by atoms with van der Waals surface area (Å²) in [7, 11) is 0. The predicted octanol–water partition coefficient (Wildman–Crippen LogP) is 1.22. The van der Waals surface area contributed by atoms with Crippen molar-refractivity contribution in [2.45, 2.75) is 39.3 Å². The molecule has 0 radical (unpaired) electrons. The lowest BCUT2D eigenvalue weighted by Gasteiger charge is -2.41. The van der Waals surface area contributed by atoms with Crippen molar-refractivity contribution < 1.29 is 19.4 Å². The van der Waals surface area contributed by atoms with Crippen LogP contribution in [0.2, 0.25) is 0 Å². The van der Waals surface area contributed by atoms with Crippen LogP contribution in [0.5, 0.6) is 0 Å². The Kier molecular flexibility index (Phi) is 4.74. The van der Waals surface area contributed by atoms with Gasteiger partial charge in [-0.2, -0.15) is 0 Å². The van der Waals surface area contributed by atoms with E-state index in [-0.39, 0.29) is 24.5 Å². The second-order valence-corrected chi connectivity index (χ2v) is 4.27. The molecule has 1 aliphatic heterocycles. The van der Waals surface area contributed by atoms with Crippen LogP contribution >= 0.6 is 0 Å². The van der Waals surface area contributed by atoms with Gasteiger partial charge in [0.2, 0.25) is 0 Å². The minimum Gasteiger partial charge on any atom is -0.457 e. The molecule has 2 unspecified atom stereocenters. The van der Waals surface area contributed by atoms with E-state index in [0.29, 0.717) is 0 Å². The molecule has 1 aliphatic rings. The lowest BCUT2D eigenvalue weighted by molar-refractivity contribution is -0.254. The first-order chi connectivity index (χ1) is 7.97. The maximum Gasteiger partial charge on any atom is 0.303 e. The summed E-state index contributed by atoms with van der Waals surface area (Å²) in [5.41, 5.74) is 8.26. The normalized spacial score (nSPS) is 37.1. The van der Waals surface area contributed by atoms with E-state index >= 15 is 0 Å². The third kappa shape index (κ3) is 3.33. The number of ether oxygens (including phenoxy) is 2. The number of azide groups is 1. The molecule has 1 saturated heterocycles. The Bertz CT molecular complexity index is 330. The molecular formula is C10H17N3O4. The smallest absolute Gasteiger partial charge is 0.303 e. The van der Waals surface area contributed by atoms with E-state index in [4.69, 9.17) is 15.0 Å². The van der Waals surface area contributed by atoms with Gasteiger partial charge in [-0.15, -0.1) is 0 Å². The molecule has 96 valence electrons. The molecule has 1 rings (SSSR count). The third-order valence-electron chi connectivity index (χ3n) is 3.16. The number of carbonyl (C=O) groups excluding carboxylic acids is 1. The van der Waals surface area contributed by atoms with Crippen molar-refractivity contribution in [3.8, 4) is 0 Å². The van der Waals surface area contributed by atoms with E-state index in [2.05, 4.69) is 10.0 Å². The fourth-order valence-electron chi connectivity index (χ4n) is 1.96. The zero-order chi connectivity index (χ0) is 13.0. The van der Waals surface area contributed by atoms with Gasteiger partial charge in [-0.3, -0.25) is 4.79 Å². The van der Waals surface area contributed by atoms with Crippen molar-refractivity contribution in [1.82, 2.24) is 0 Å². The van der Waals surface area contributed by atoms with Gasteiger partial charge >= 0.3 is 5.97 Å². The van der Waals surface area contributed by atoms with E-state index < -0.39 is 18.4 Å². The largest absolute Gasteiger partial charge is 0.457 e. The van der Waals surface area contributed by atoms with Gasteiger partial charge in [0.05, 0.1) is 12.6 Å². The van der Waals surface area contributed by atoms with Crippen molar-refractivity contribution >= 4 is 5.97 Å². The number of nitrogens with zero attached hydrogens (tertiary/aromatic N) is 3. The van der Waals surface area contributed by atoms with Gasteiger partial charge in [-0.05, 0) is 11.4 Å². The van der Waals surface area contributed by atoms with Crippen molar-refractivity contribution in [3.63, 3.8) is 0 Å². The summed E-state index contributed by atoms with van der Waals surface area (Å²) in [6.45, 7) is 5.22. The molecule has 0 aromatic rings. The molecule has 0 bridgehead atoms. The highest BCUT2D eigenvalue weighted by molar-refractivity contribution is 5.66. The highest BCUT2D eigenvalue weighted by Gasteiger charge is 2.42. The molecule has 1 heterocycles. The average Bonchev–Trinajstić information content (AvgIpc) is 2.27. The van der Waals surface area contributed by atoms with Gasteiger partial charge in [0.1, 0.15) is 0 Å². The summed E-state index contributed by atoms with van der Waals surface area (Å²) in [4.78, 5) is 13.6. The van der Waals surface area contributed by atoms with Crippen LogP contribution in [0.3, 0.4) is 0 Å². The highest BCUT2D eigenvalue weighted by atomic mass is 16.6. The number of esters is 1. The fraction of sp³-hybridized carbons (Fsp3) is 0.900. The Morgan fingerprint density at radius 1 is 1.53 bits per heavy atom. The molecule has 0 aliphatic carbocycles. The minimum atomic E-state index is -1.18. The fourth-order valence-corrected chi connectivity index (χ4v) is 1.96. The molecule has 7 heteroatoms. The van der Waals surface area contributed by atoms with Gasteiger partial charge in [-0.25, -0.2) is 0 Å². The summed E-state index contributed by atoms with van der Waals surface area (Å²) in [6, 6.07) is 0. The Morgan fingerprint density at radius 3 is 2.71 bits per heavy atom.